The minimum Gasteiger partial charge on any atom is -0.478 e. The molecule has 0 aliphatic carbocycles. The van der Waals surface area contributed by atoms with Crippen molar-refractivity contribution in [1.29, 1.82) is 0 Å². The number of aromatic carboxylic acids is 1. The minimum atomic E-state index is -1.24. The van der Waals surface area contributed by atoms with E-state index in [-0.39, 0.29) is 17.5 Å². The summed E-state index contributed by atoms with van der Waals surface area (Å²) < 4.78 is 13.0. The van der Waals surface area contributed by atoms with E-state index in [0.29, 0.717) is 0 Å². The predicted molar refractivity (Wildman–Crippen MR) is 54.0 cm³/mol. The smallest absolute Gasteiger partial charge is 0.335 e. The van der Waals surface area contributed by atoms with Crippen molar-refractivity contribution in [3.63, 3.8) is 0 Å². The Kier molecular flexibility index (Phi) is 3.62. The maximum atomic E-state index is 13.0. The van der Waals surface area contributed by atoms with E-state index < -0.39 is 17.7 Å². The molecule has 0 fully saturated rings. The summed E-state index contributed by atoms with van der Waals surface area (Å²) in [6.07, 6.45) is -0.154. The van der Waals surface area contributed by atoms with E-state index >= 15 is 0 Å². The van der Waals surface area contributed by atoms with Crippen LogP contribution in [0.5, 0.6) is 0 Å². The summed E-state index contributed by atoms with van der Waals surface area (Å²) in [6, 6.07) is 3.20. The van der Waals surface area contributed by atoms with E-state index in [1.807, 2.05) is 0 Å². The van der Waals surface area contributed by atoms with Crippen molar-refractivity contribution in [2.24, 2.45) is 5.73 Å². The third-order valence-corrected chi connectivity index (χ3v) is 1.64. The lowest BCUT2D eigenvalue weighted by atomic mass is 10.1. The first-order valence-electron chi connectivity index (χ1n) is 4.30. The molecule has 0 saturated carbocycles. The van der Waals surface area contributed by atoms with Crippen molar-refractivity contribution in [2.45, 2.75) is 6.42 Å². The highest BCUT2D eigenvalue weighted by atomic mass is 19.1. The number of carbonyl (C=O) groups is 2. The van der Waals surface area contributed by atoms with Gasteiger partial charge in [-0.05, 0) is 18.2 Å². The maximum absolute atomic E-state index is 13.0. The van der Waals surface area contributed by atoms with E-state index in [2.05, 4.69) is 11.8 Å². The number of benzene rings is 1. The topological polar surface area (TPSA) is 80.4 Å². The zero-order valence-electron chi connectivity index (χ0n) is 8.16. The number of primary amides is 1. The third kappa shape index (κ3) is 3.42. The first-order valence-corrected chi connectivity index (χ1v) is 4.30. The zero-order chi connectivity index (χ0) is 12.1. The number of carboxylic acid groups (broad SMARTS) is 1. The van der Waals surface area contributed by atoms with E-state index in [0.717, 1.165) is 12.1 Å². The van der Waals surface area contributed by atoms with Crippen LogP contribution in [0.25, 0.3) is 0 Å². The second-order valence-electron chi connectivity index (χ2n) is 2.98. The molecule has 0 aliphatic heterocycles. The predicted octanol–water partition coefficient (Wildman–Crippen LogP) is 0.751. The van der Waals surface area contributed by atoms with Gasteiger partial charge in [-0.1, -0.05) is 11.8 Å². The number of amides is 1. The molecule has 82 valence electrons. The van der Waals surface area contributed by atoms with Crippen LogP contribution in [-0.4, -0.2) is 17.0 Å². The molecule has 0 radical (unpaired) electrons. The van der Waals surface area contributed by atoms with Gasteiger partial charge in [-0.2, -0.15) is 0 Å². The van der Waals surface area contributed by atoms with Crippen molar-refractivity contribution in [3.8, 4) is 11.8 Å². The standard InChI is InChI=1S/C11H8FNO3/c12-9-5-7(2-1-3-10(13)14)4-8(6-9)11(15)16/h4-6H,3H2,(H2,13,14)(H,15,16). The second kappa shape index (κ2) is 4.94. The SMILES string of the molecule is NC(=O)CC#Cc1cc(F)cc(C(=O)O)c1. The highest BCUT2D eigenvalue weighted by molar-refractivity contribution is 5.88. The van der Waals surface area contributed by atoms with Crippen LogP contribution in [0.2, 0.25) is 0 Å². The molecular formula is C11H8FNO3. The number of halogens is 1. The lowest BCUT2D eigenvalue weighted by Crippen LogP contribution is -2.08. The molecule has 5 heteroatoms. The van der Waals surface area contributed by atoms with Crippen LogP contribution in [0.3, 0.4) is 0 Å². The van der Waals surface area contributed by atoms with Gasteiger partial charge in [-0.3, -0.25) is 4.79 Å². The monoisotopic (exact) mass is 221 g/mol. The van der Waals surface area contributed by atoms with Gasteiger partial charge >= 0.3 is 5.97 Å². The lowest BCUT2D eigenvalue weighted by Gasteiger charge is -1.96. The van der Waals surface area contributed by atoms with Gasteiger partial charge in [-0.25, -0.2) is 9.18 Å². The quantitative estimate of drug-likeness (QED) is 0.723. The van der Waals surface area contributed by atoms with Crippen LogP contribution < -0.4 is 5.73 Å². The second-order valence-corrected chi connectivity index (χ2v) is 2.98. The van der Waals surface area contributed by atoms with Gasteiger partial charge in [0.15, 0.2) is 0 Å². The Balaban J connectivity index is 2.99. The Morgan fingerprint density at radius 1 is 1.38 bits per heavy atom. The van der Waals surface area contributed by atoms with Crippen molar-refractivity contribution in [2.75, 3.05) is 0 Å². The molecule has 0 unspecified atom stereocenters. The summed E-state index contributed by atoms with van der Waals surface area (Å²) in [4.78, 5) is 21.0. The number of hydrogen-bond donors (Lipinski definition) is 2. The number of rotatable bonds is 2. The number of nitrogens with two attached hydrogens (primary N) is 1. The van der Waals surface area contributed by atoms with Crippen molar-refractivity contribution in [1.82, 2.24) is 0 Å². The Morgan fingerprint density at radius 2 is 2.06 bits per heavy atom. The molecule has 0 bridgehead atoms. The molecule has 1 aromatic carbocycles. The van der Waals surface area contributed by atoms with Gasteiger partial charge in [0.05, 0.1) is 12.0 Å². The molecule has 1 rings (SSSR count). The number of hydrogen-bond acceptors (Lipinski definition) is 2. The molecule has 0 aliphatic rings. The maximum Gasteiger partial charge on any atom is 0.335 e. The van der Waals surface area contributed by atoms with E-state index in [1.165, 1.54) is 6.07 Å². The van der Waals surface area contributed by atoms with Crippen LogP contribution in [0.1, 0.15) is 22.3 Å². The van der Waals surface area contributed by atoms with Gasteiger partial charge in [0.25, 0.3) is 0 Å². The highest BCUT2D eigenvalue weighted by Crippen LogP contribution is 2.08. The normalized spacial score (nSPS) is 9.06. The molecule has 3 N–H and O–H groups in total. The third-order valence-electron chi connectivity index (χ3n) is 1.64. The van der Waals surface area contributed by atoms with Crippen LogP contribution in [0.15, 0.2) is 18.2 Å². The molecule has 4 nitrogen and oxygen atoms in total. The lowest BCUT2D eigenvalue weighted by molar-refractivity contribution is -0.117. The molecule has 1 amide bonds. The van der Waals surface area contributed by atoms with E-state index in [9.17, 15) is 14.0 Å². The molecule has 0 spiro atoms. The molecule has 0 heterocycles. The fourth-order valence-electron chi connectivity index (χ4n) is 1.02. The van der Waals surface area contributed by atoms with Gasteiger partial charge in [0.1, 0.15) is 5.82 Å². The fraction of sp³-hybridized carbons (Fsp3) is 0.0909. The molecule has 0 aromatic heterocycles. The first-order chi connectivity index (χ1) is 7.49. The Morgan fingerprint density at radius 3 is 2.62 bits per heavy atom. The minimum absolute atomic E-state index is 0.154. The van der Waals surface area contributed by atoms with Gasteiger partial charge in [0.2, 0.25) is 5.91 Å². The number of carbonyl (C=O) groups excluding carboxylic acids is 1. The number of carboxylic acids is 1. The summed E-state index contributed by atoms with van der Waals surface area (Å²) in [6.45, 7) is 0. The fourth-order valence-corrected chi connectivity index (χ4v) is 1.02. The van der Waals surface area contributed by atoms with Crippen LogP contribution in [-0.2, 0) is 4.79 Å². The average Bonchev–Trinajstić information content (AvgIpc) is 2.16. The summed E-state index contributed by atoms with van der Waals surface area (Å²) in [7, 11) is 0. The van der Waals surface area contributed by atoms with Crippen LogP contribution in [0, 0.1) is 17.7 Å². The van der Waals surface area contributed by atoms with Gasteiger partial charge in [0, 0.05) is 5.56 Å². The Bertz CT molecular complexity index is 500. The van der Waals surface area contributed by atoms with Crippen molar-refractivity contribution >= 4 is 11.9 Å². The highest BCUT2D eigenvalue weighted by Gasteiger charge is 2.05. The summed E-state index contributed by atoms with van der Waals surface area (Å²) >= 11 is 0. The molecule has 16 heavy (non-hydrogen) atoms. The summed E-state index contributed by atoms with van der Waals surface area (Å²) in [5.41, 5.74) is 4.86. The van der Waals surface area contributed by atoms with Crippen LogP contribution in [0.4, 0.5) is 4.39 Å². The van der Waals surface area contributed by atoms with Crippen molar-refractivity contribution in [3.05, 3.63) is 35.1 Å². The van der Waals surface area contributed by atoms with E-state index in [4.69, 9.17) is 10.8 Å². The molecule has 0 atom stereocenters. The molecule has 0 saturated heterocycles. The Hall–Kier alpha value is -2.35. The van der Waals surface area contributed by atoms with Gasteiger partial charge < -0.3 is 10.8 Å². The largest absolute Gasteiger partial charge is 0.478 e. The van der Waals surface area contributed by atoms with Crippen LogP contribution >= 0.6 is 0 Å². The zero-order valence-corrected chi connectivity index (χ0v) is 8.16. The molecule has 1 aromatic rings. The van der Waals surface area contributed by atoms with E-state index in [1.54, 1.807) is 0 Å². The first kappa shape index (κ1) is 11.7. The average molecular weight is 221 g/mol. The summed E-state index contributed by atoms with van der Waals surface area (Å²) in [5, 5.41) is 8.66. The van der Waals surface area contributed by atoms with Gasteiger partial charge in [-0.15, -0.1) is 0 Å². The van der Waals surface area contributed by atoms with Crippen molar-refractivity contribution < 1.29 is 19.1 Å². The Labute approximate surface area is 90.9 Å². The molecular weight excluding hydrogens is 213 g/mol. The summed E-state index contributed by atoms with van der Waals surface area (Å²) in [5.74, 6) is 2.34.